The van der Waals surface area contributed by atoms with Crippen molar-refractivity contribution in [2.75, 3.05) is 0 Å². The van der Waals surface area contributed by atoms with Crippen molar-refractivity contribution in [3.05, 3.63) is 199 Å². The lowest BCUT2D eigenvalue weighted by atomic mass is 9.97. The fraction of sp³-hybridized carbons (Fsp3) is 0.0392. The van der Waals surface area contributed by atoms with E-state index in [-0.39, 0.29) is 6.17 Å². The van der Waals surface area contributed by atoms with Crippen molar-refractivity contribution in [1.29, 1.82) is 0 Å². The Balaban J connectivity index is 1.14. The molecule has 0 spiro atoms. The molecule has 4 heterocycles. The smallest absolute Gasteiger partial charge is 0.184 e. The maximum atomic E-state index is 7.30. The topological polar surface area (TPSA) is 59.4 Å². The monoisotopic (exact) mass is 733 g/mol. The van der Waals surface area contributed by atoms with Gasteiger partial charge in [0.1, 0.15) is 12.0 Å². The van der Waals surface area contributed by atoms with Gasteiger partial charge in [-0.15, -0.1) is 0 Å². The van der Waals surface area contributed by atoms with Crippen molar-refractivity contribution in [2.45, 2.75) is 12.5 Å². The quantitative estimate of drug-likeness (QED) is 0.185. The number of aliphatic imine (C=N–C) groups is 1. The third-order valence-electron chi connectivity index (χ3n) is 11.6. The van der Waals surface area contributed by atoms with Crippen molar-refractivity contribution >= 4 is 71.4 Å². The van der Waals surface area contributed by atoms with Crippen LogP contribution in [0.2, 0.25) is 0 Å². The summed E-state index contributed by atoms with van der Waals surface area (Å²) in [6, 6.07) is 66.5. The molecule has 0 radical (unpaired) electrons. The molecule has 1 aliphatic rings. The molecule has 2 unspecified atom stereocenters. The van der Waals surface area contributed by atoms with Gasteiger partial charge in [0.05, 0.1) is 22.1 Å². The molecule has 11 aromatic rings. The van der Waals surface area contributed by atoms with E-state index in [2.05, 4.69) is 202 Å². The lowest BCUT2D eigenvalue weighted by molar-refractivity contribution is 0.342. The van der Waals surface area contributed by atoms with Gasteiger partial charge in [0.2, 0.25) is 0 Å². The first-order valence-electron chi connectivity index (χ1n) is 19.5. The van der Waals surface area contributed by atoms with Gasteiger partial charge in [-0.25, -0.2) is 4.99 Å². The highest BCUT2D eigenvalue weighted by Gasteiger charge is 2.31. The van der Waals surface area contributed by atoms with Crippen LogP contribution in [0.1, 0.15) is 23.6 Å². The summed E-state index contributed by atoms with van der Waals surface area (Å²) in [6.45, 7) is 0. The maximum Gasteiger partial charge on any atom is 0.184 e. The van der Waals surface area contributed by atoms with Crippen LogP contribution in [0.25, 0.3) is 82.4 Å². The molecule has 0 bridgehead atoms. The molecule has 12 rings (SSSR count). The van der Waals surface area contributed by atoms with Crippen LogP contribution in [0.3, 0.4) is 0 Å². The summed E-state index contributed by atoms with van der Waals surface area (Å²) in [6.07, 6.45) is -0.737. The van der Waals surface area contributed by atoms with E-state index in [1.165, 1.54) is 5.39 Å². The fourth-order valence-electron chi connectivity index (χ4n) is 9.13. The highest BCUT2D eigenvalue weighted by atomic mass is 16.3. The molecule has 0 amide bonds. The van der Waals surface area contributed by atoms with E-state index in [0.717, 1.165) is 93.9 Å². The molecule has 0 saturated heterocycles. The van der Waals surface area contributed by atoms with Gasteiger partial charge >= 0.3 is 0 Å². The molecule has 0 saturated carbocycles. The number of para-hydroxylation sites is 3. The Bertz CT molecular complexity index is 3360. The van der Waals surface area contributed by atoms with E-state index in [0.29, 0.717) is 0 Å². The van der Waals surface area contributed by atoms with Crippen LogP contribution >= 0.6 is 0 Å². The van der Waals surface area contributed by atoms with Crippen molar-refractivity contribution in [2.24, 2.45) is 4.99 Å². The Labute approximate surface area is 327 Å². The number of rotatable bonds is 5. The second kappa shape index (κ2) is 12.6. The molecule has 3 aromatic heterocycles. The number of nitrogens with one attached hydrogen (secondary N) is 2. The molecule has 6 heteroatoms. The Kier molecular flexibility index (Phi) is 7.03. The molecule has 270 valence electrons. The summed E-state index contributed by atoms with van der Waals surface area (Å²) in [4.78, 5) is 5.48. The van der Waals surface area contributed by atoms with E-state index in [4.69, 9.17) is 9.41 Å². The summed E-state index contributed by atoms with van der Waals surface area (Å²) in [7, 11) is 0. The van der Waals surface area contributed by atoms with Gasteiger partial charge < -0.3 is 18.9 Å². The zero-order chi connectivity index (χ0) is 37.5. The Morgan fingerprint density at radius 1 is 0.456 bits per heavy atom. The predicted molar refractivity (Wildman–Crippen MR) is 234 cm³/mol. The number of benzene rings is 8. The number of furan rings is 1. The summed E-state index contributed by atoms with van der Waals surface area (Å²) in [5.41, 5.74) is 11.6. The molecule has 2 atom stereocenters. The van der Waals surface area contributed by atoms with E-state index in [1.54, 1.807) is 0 Å². The minimum atomic E-state index is -0.479. The zero-order valence-corrected chi connectivity index (χ0v) is 30.8. The molecular weight excluding hydrogens is 699 g/mol. The van der Waals surface area contributed by atoms with Gasteiger partial charge in [-0.1, -0.05) is 152 Å². The summed E-state index contributed by atoms with van der Waals surface area (Å²) >= 11 is 0. The lowest BCUT2D eigenvalue weighted by Crippen LogP contribution is -2.46. The van der Waals surface area contributed by atoms with Crippen LogP contribution in [0, 0.1) is 0 Å². The van der Waals surface area contributed by atoms with Gasteiger partial charge in [-0.3, -0.25) is 5.32 Å². The number of nitrogens with zero attached hydrogens (tertiary/aromatic N) is 3. The SMILES string of the molecule is c1ccc(C2=NC(n3c4ccccc4c4ccc5c6ccc7c8ccccc8n(-c8ccccc8)c7c6oc5c43)NC(c3ccccc3-c3ccccc3)N2)cc1. The van der Waals surface area contributed by atoms with E-state index < -0.39 is 6.29 Å². The molecule has 0 aliphatic carbocycles. The Morgan fingerprint density at radius 3 is 1.74 bits per heavy atom. The highest BCUT2D eigenvalue weighted by Crippen LogP contribution is 2.45. The summed E-state index contributed by atoms with van der Waals surface area (Å²) in [5.74, 6) is 0.823. The van der Waals surface area contributed by atoms with E-state index >= 15 is 0 Å². The molecule has 2 N–H and O–H groups in total. The third-order valence-corrected chi connectivity index (χ3v) is 11.6. The summed E-state index contributed by atoms with van der Waals surface area (Å²) < 4.78 is 12.0. The van der Waals surface area contributed by atoms with Crippen LogP contribution in [0.4, 0.5) is 0 Å². The van der Waals surface area contributed by atoms with Gasteiger partial charge in [0, 0.05) is 43.6 Å². The van der Waals surface area contributed by atoms with Crippen LogP contribution in [0.15, 0.2) is 197 Å². The van der Waals surface area contributed by atoms with Crippen molar-refractivity contribution in [3.63, 3.8) is 0 Å². The molecule has 8 aromatic carbocycles. The highest BCUT2D eigenvalue weighted by molar-refractivity contribution is 6.26. The van der Waals surface area contributed by atoms with Gasteiger partial charge in [0.25, 0.3) is 0 Å². The number of aromatic nitrogens is 2. The molecule has 6 nitrogen and oxygen atoms in total. The minimum Gasteiger partial charge on any atom is -0.452 e. The average Bonchev–Trinajstić information content (AvgIpc) is 3.95. The zero-order valence-electron chi connectivity index (χ0n) is 30.8. The van der Waals surface area contributed by atoms with Gasteiger partial charge in [0.15, 0.2) is 17.5 Å². The van der Waals surface area contributed by atoms with Crippen molar-refractivity contribution < 1.29 is 4.42 Å². The van der Waals surface area contributed by atoms with Gasteiger partial charge in [-0.05, 0) is 53.1 Å². The number of fused-ring (bicyclic) bond motifs is 11. The largest absolute Gasteiger partial charge is 0.452 e. The lowest BCUT2D eigenvalue weighted by Gasteiger charge is -2.34. The normalized spacial score (nSPS) is 15.9. The Morgan fingerprint density at radius 2 is 1.00 bits per heavy atom. The van der Waals surface area contributed by atoms with Crippen LogP contribution < -0.4 is 10.6 Å². The predicted octanol–water partition coefficient (Wildman–Crippen LogP) is 12.3. The second-order valence-corrected chi connectivity index (χ2v) is 14.8. The number of hydrogen-bond acceptors (Lipinski definition) is 4. The first-order valence-corrected chi connectivity index (χ1v) is 19.5. The van der Waals surface area contributed by atoms with E-state index in [1.807, 2.05) is 6.07 Å². The maximum absolute atomic E-state index is 7.30. The average molecular weight is 734 g/mol. The summed E-state index contributed by atoms with van der Waals surface area (Å²) in [5, 5.41) is 14.5. The molecule has 0 fully saturated rings. The first-order chi connectivity index (χ1) is 28.3. The van der Waals surface area contributed by atoms with Crippen molar-refractivity contribution in [1.82, 2.24) is 19.8 Å². The standard InChI is InChI=1S/C51H35N5O/c1-4-16-32(17-5-1)35-22-10-11-25-42(35)50-52-49(33-18-6-2-7-19-33)53-51(54-50)56-44-27-15-13-24-37(44)39-29-31-41-40-30-28-38-36-23-12-14-26-43(36)55(34-20-8-3-9-21-34)45(38)47(40)57-48(41)46(39)56/h1-31,50-51,54H,(H,52,53). The van der Waals surface area contributed by atoms with Crippen molar-refractivity contribution in [3.8, 4) is 16.8 Å². The second-order valence-electron chi connectivity index (χ2n) is 14.8. The molecule has 1 aliphatic heterocycles. The van der Waals surface area contributed by atoms with Crippen LogP contribution in [0.5, 0.6) is 0 Å². The van der Waals surface area contributed by atoms with E-state index in [9.17, 15) is 0 Å². The van der Waals surface area contributed by atoms with Crippen LogP contribution in [-0.2, 0) is 0 Å². The fourth-order valence-corrected chi connectivity index (χ4v) is 9.13. The molecule has 57 heavy (non-hydrogen) atoms. The number of hydrogen-bond donors (Lipinski definition) is 2. The third kappa shape index (κ3) is 4.84. The first kappa shape index (κ1) is 31.9. The Hall–Kier alpha value is -7.41. The molecular formula is C51H35N5O. The number of amidine groups is 1. The van der Waals surface area contributed by atoms with Crippen LogP contribution in [-0.4, -0.2) is 15.0 Å². The van der Waals surface area contributed by atoms with Gasteiger partial charge in [-0.2, -0.15) is 0 Å². The minimum absolute atomic E-state index is 0.258.